The topological polar surface area (TPSA) is 105 Å². The normalized spacial score (nSPS) is 15.9. The summed E-state index contributed by atoms with van der Waals surface area (Å²) in [5.41, 5.74) is 0.602. The molecule has 0 spiro atoms. The molecule has 1 aliphatic heterocycles. The molecular weight excluding hydrogens is 368 g/mol. The van der Waals surface area contributed by atoms with Crippen LogP contribution in [0.4, 0.5) is 0 Å². The summed E-state index contributed by atoms with van der Waals surface area (Å²) in [5, 5.41) is 6.65. The molecule has 1 fully saturated rings. The minimum Gasteiger partial charge on any atom is -0.342 e. The second-order valence-electron chi connectivity index (χ2n) is 6.88. The van der Waals surface area contributed by atoms with Crippen molar-refractivity contribution in [2.24, 2.45) is 0 Å². The molecule has 3 rings (SSSR count). The summed E-state index contributed by atoms with van der Waals surface area (Å²) in [4.78, 5) is 26.3. The minimum absolute atomic E-state index is 0.0236. The number of aromatic amines is 1. The van der Waals surface area contributed by atoms with Crippen LogP contribution in [0.5, 0.6) is 0 Å². The van der Waals surface area contributed by atoms with Crippen molar-refractivity contribution in [1.82, 2.24) is 19.7 Å². The first-order valence-corrected chi connectivity index (χ1v) is 10.9. The summed E-state index contributed by atoms with van der Waals surface area (Å²) in [7, 11) is -3.23. The molecular formula is C18H24N4O4S. The minimum atomic E-state index is -3.23. The van der Waals surface area contributed by atoms with Crippen LogP contribution in [0.15, 0.2) is 34.0 Å². The summed E-state index contributed by atoms with van der Waals surface area (Å²) in [6.45, 7) is 3.73. The molecule has 1 aliphatic rings. The van der Waals surface area contributed by atoms with Crippen molar-refractivity contribution in [3.8, 4) is 0 Å². The first-order valence-electron chi connectivity index (χ1n) is 9.01. The SMILES string of the molecule is CCn1c(C2CCN(C(=O)Cc3ccc(S(C)(=O)=O)cc3)CC2)n[nH]c1=O. The maximum atomic E-state index is 12.6. The van der Waals surface area contributed by atoms with Crippen LogP contribution in [0.3, 0.4) is 0 Å². The molecule has 0 aliphatic carbocycles. The summed E-state index contributed by atoms with van der Waals surface area (Å²) in [5.74, 6) is 0.962. The number of carbonyl (C=O) groups is 1. The maximum absolute atomic E-state index is 12.6. The molecule has 2 heterocycles. The van der Waals surface area contributed by atoms with Crippen molar-refractivity contribution in [2.75, 3.05) is 19.3 Å². The summed E-state index contributed by atoms with van der Waals surface area (Å²) in [6, 6.07) is 6.44. The van der Waals surface area contributed by atoms with E-state index in [1.807, 2.05) is 11.8 Å². The fourth-order valence-electron chi connectivity index (χ4n) is 3.48. The van der Waals surface area contributed by atoms with Crippen LogP contribution in [0.1, 0.15) is 37.1 Å². The second kappa shape index (κ2) is 7.67. The largest absolute Gasteiger partial charge is 0.343 e. The lowest BCUT2D eigenvalue weighted by Crippen LogP contribution is -2.39. The van der Waals surface area contributed by atoms with Gasteiger partial charge in [0.2, 0.25) is 5.91 Å². The number of likely N-dealkylation sites (tertiary alicyclic amines) is 1. The van der Waals surface area contributed by atoms with E-state index in [9.17, 15) is 18.0 Å². The lowest BCUT2D eigenvalue weighted by molar-refractivity contribution is -0.131. The van der Waals surface area contributed by atoms with Gasteiger partial charge in [0.15, 0.2) is 9.84 Å². The van der Waals surface area contributed by atoms with Crippen LogP contribution in [0.25, 0.3) is 0 Å². The Morgan fingerprint density at radius 2 is 1.85 bits per heavy atom. The molecule has 1 aromatic heterocycles. The van der Waals surface area contributed by atoms with Crippen molar-refractivity contribution in [2.45, 2.75) is 43.5 Å². The van der Waals surface area contributed by atoms with Gasteiger partial charge in [-0.1, -0.05) is 12.1 Å². The van der Waals surface area contributed by atoms with Crippen molar-refractivity contribution in [3.05, 3.63) is 46.1 Å². The molecule has 8 nitrogen and oxygen atoms in total. The number of aromatic nitrogens is 3. The van der Waals surface area contributed by atoms with Crippen LogP contribution >= 0.6 is 0 Å². The number of hydrogen-bond acceptors (Lipinski definition) is 5. The van der Waals surface area contributed by atoms with Gasteiger partial charge >= 0.3 is 5.69 Å². The molecule has 0 saturated carbocycles. The van der Waals surface area contributed by atoms with Crippen molar-refractivity contribution < 1.29 is 13.2 Å². The van der Waals surface area contributed by atoms with E-state index in [1.54, 1.807) is 16.7 Å². The Morgan fingerprint density at radius 3 is 2.41 bits per heavy atom. The average Bonchev–Trinajstić information content (AvgIpc) is 3.02. The Hall–Kier alpha value is -2.42. The van der Waals surface area contributed by atoms with Gasteiger partial charge in [-0.15, -0.1) is 0 Å². The van der Waals surface area contributed by atoms with Gasteiger partial charge in [0.25, 0.3) is 0 Å². The number of nitrogens with one attached hydrogen (secondary N) is 1. The zero-order valence-electron chi connectivity index (χ0n) is 15.5. The van der Waals surface area contributed by atoms with E-state index in [-0.39, 0.29) is 28.8 Å². The molecule has 146 valence electrons. The van der Waals surface area contributed by atoms with Crippen molar-refractivity contribution in [3.63, 3.8) is 0 Å². The smallest absolute Gasteiger partial charge is 0.342 e. The Bertz CT molecular complexity index is 968. The van der Waals surface area contributed by atoms with Gasteiger partial charge in [-0.3, -0.25) is 9.36 Å². The number of sulfone groups is 1. The van der Waals surface area contributed by atoms with E-state index < -0.39 is 9.84 Å². The Balaban J connectivity index is 1.59. The molecule has 0 atom stereocenters. The zero-order chi connectivity index (χ0) is 19.6. The fraction of sp³-hybridized carbons (Fsp3) is 0.500. The van der Waals surface area contributed by atoms with Gasteiger partial charge in [0.05, 0.1) is 11.3 Å². The van der Waals surface area contributed by atoms with Gasteiger partial charge in [-0.05, 0) is 37.5 Å². The van der Waals surface area contributed by atoms with Crippen LogP contribution in [0, 0.1) is 0 Å². The van der Waals surface area contributed by atoms with Crippen molar-refractivity contribution in [1.29, 1.82) is 0 Å². The predicted molar refractivity (Wildman–Crippen MR) is 100 cm³/mol. The number of amides is 1. The van der Waals surface area contributed by atoms with Crippen molar-refractivity contribution >= 4 is 15.7 Å². The number of carbonyl (C=O) groups excluding carboxylic acids is 1. The van der Waals surface area contributed by atoms with Gasteiger partial charge in [-0.2, -0.15) is 5.10 Å². The molecule has 1 N–H and O–H groups in total. The van der Waals surface area contributed by atoms with Crippen LogP contribution in [-0.4, -0.2) is 53.3 Å². The molecule has 1 amide bonds. The van der Waals surface area contributed by atoms with E-state index in [4.69, 9.17) is 0 Å². The highest BCUT2D eigenvalue weighted by atomic mass is 32.2. The molecule has 0 unspecified atom stereocenters. The molecule has 27 heavy (non-hydrogen) atoms. The van der Waals surface area contributed by atoms with Gasteiger partial charge in [0, 0.05) is 31.8 Å². The van der Waals surface area contributed by atoms with Gasteiger partial charge in [0.1, 0.15) is 5.82 Å². The van der Waals surface area contributed by atoms with E-state index in [2.05, 4.69) is 10.2 Å². The first kappa shape index (κ1) is 19.3. The predicted octanol–water partition coefficient (Wildman–Crippen LogP) is 0.944. The van der Waals surface area contributed by atoms with Crippen LogP contribution < -0.4 is 5.69 Å². The number of nitrogens with zero attached hydrogens (tertiary/aromatic N) is 3. The van der Waals surface area contributed by atoms with Crippen LogP contribution in [-0.2, 0) is 27.6 Å². The number of hydrogen-bond donors (Lipinski definition) is 1. The third kappa shape index (κ3) is 4.29. The summed E-state index contributed by atoms with van der Waals surface area (Å²) >= 11 is 0. The summed E-state index contributed by atoms with van der Waals surface area (Å²) in [6.07, 6.45) is 2.94. The Labute approximate surface area is 158 Å². The maximum Gasteiger partial charge on any atom is 0.343 e. The second-order valence-corrected chi connectivity index (χ2v) is 8.89. The standard InChI is InChI=1S/C18H24N4O4S/c1-3-22-17(19-20-18(22)24)14-8-10-21(11-9-14)16(23)12-13-4-6-15(7-5-13)27(2,25)26/h4-7,14H,3,8-12H2,1-2H3,(H,20,24). The highest BCUT2D eigenvalue weighted by molar-refractivity contribution is 7.90. The lowest BCUT2D eigenvalue weighted by atomic mass is 9.95. The number of rotatable bonds is 5. The average molecular weight is 392 g/mol. The quantitative estimate of drug-likeness (QED) is 0.815. The molecule has 0 radical (unpaired) electrons. The van der Waals surface area contributed by atoms with E-state index in [0.29, 0.717) is 19.6 Å². The lowest BCUT2D eigenvalue weighted by Gasteiger charge is -2.31. The Morgan fingerprint density at radius 1 is 1.22 bits per heavy atom. The molecule has 1 aromatic carbocycles. The van der Waals surface area contributed by atoms with Crippen LogP contribution in [0.2, 0.25) is 0 Å². The highest BCUT2D eigenvalue weighted by Crippen LogP contribution is 2.26. The van der Waals surface area contributed by atoms with E-state index in [0.717, 1.165) is 30.5 Å². The molecule has 0 bridgehead atoms. The fourth-order valence-corrected chi connectivity index (χ4v) is 4.11. The monoisotopic (exact) mass is 392 g/mol. The summed E-state index contributed by atoms with van der Waals surface area (Å²) < 4.78 is 24.7. The Kier molecular flexibility index (Phi) is 5.50. The van der Waals surface area contributed by atoms with Gasteiger partial charge < -0.3 is 4.90 Å². The third-order valence-corrected chi connectivity index (χ3v) is 6.15. The molecule has 1 saturated heterocycles. The van der Waals surface area contributed by atoms with E-state index >= 15 is 0 Å². The number of H-pyrrole nitrogens is 1. The molecule has 2 aromatic rings. The molecule has 9 heteroatoms. The van der Waals surface area contributed by atoms with Gasteiger partial charge in [-0.25, -0.2) is 18.3 Å². The number of piperidine rings is 1. The first-order chi connectivity index (χ1) is 12.8. The third-order valence-electron chi connectivity index (χ3n) is 5.02. The highest BCUT2D eigenvalue weighted by Gasteiger charge is 2.27. The zero-order valence-corrected chi connectivity index (χ0v) is 16.3. The number of benzene rings is 1. The van der Waals surface area contributed by atoms with E-state index in [1.165, 1.54) is 12.1 Å².